The van der Waals surface area contributed by atoms with Gasteiger partial charge in [-0.3, -0.25) is 14.4 Å². The van der Waals surface area contributed by atoms with Crippen LogP contribution in [0.5, 0.6) is 0 Å². The van der Waals surface area contributed by atoms with Crippen LogP contribution in [-0.2, 0) is 31.8 Å². The van der Waals surface area contributed by atoms with Crippen LogP contribution in [0.1, 0.15) is 41.0 Å². The first kappa shape index (κ1) is 20.4. The molecule has 1 aliphatic carbocycles. The highest BCUT2D eigenvalue weighted by Gasteiger charge is 2.48. The van der Waals surface area contributed by atoms with Gasteiger partial charge in [-0.1, -0.05) is 0 Å². The van der Waals surface area contributed by atoms with Crippen LogP contribution < -0.4 is 0 Å². The van der Waals surface area contributed by atoms with E-state index in [0.29, 0.717) is 30.2 Å². The van der Waals surface area contributed by atoms with Crippen molar-refractivity contribution in [3.63, 3.8) is 0 Å². The number of carbonyl (C=O) groups excluding carboxylic acids is 3. The molecule has 2 bridgehead atoms. The summed E-state index contributed by atoms with van der Waals surface area (Å²) in [6, 6.07) is 1.59. The fourth-order valence-corrected chi connectivity index (χ4v) is 3.50. The summed E-state index contributed by atoms with van der Waals surface area (Å²) in [5, 5.41) is 0. The highest BCUT2D eigenvalue weighted by Crippen LogP contribution is 2.39. The number of piperidine rings is 1. The number of methoxy groups -OCH3 is 1. The largest absolute Gasteiger partial charge is 0.433 e. The van der Waals surface area contributed by atoms with E-state index in [4.69, 9.17) is 9.47 Å². The Hall–Kier alpha value is -2.33. The average molecular weight is 400 g/mol. The number of ether oxygens (including phenoxy) is 2. The standard InChI is InChI=1S/C18H19F3N2O5/c1-27-6-7-28-9-13-12(4-5-14(22-13)18(19,20)21)17(26)23-15(24)10-2-3-11(8-10)16(23)25/h4-5,10-11H,2-3,6-9H2,1H3. The summed E-state index contributed by atoms with van der Waals surface area (Å²) in [5.74, 6) is -2.98. The summed E-state index contributed by atoms with van der Waals surface area (Å²) in [6.45, 7) is -0.111. The number of nitrogens with zero attached hydrogens (tertiary/aromatic N) is 2. The normalized spacial score (nSPS) is 22.1. The van der Waals surface area contributed by atoms with Crippen LogP contribution in [0.25, 0.3) is 0 Å². The molecule has 2 aliphatic rings. The van der Waals surface area contributed by atoms with E-state index < -0.39 is 48.0 Å². The molecule has 0 radical (unpaired) electrons. The SMILES string of the molecule is COCCOCc1nc(C(F)(F)F)ccc1C(=O)N1C(=O)C2CCC(C2)C1=O. The fourth-order valence-electron chi connectivity index (χ4n) is 3.50. The molecule has 152 valence electrons. The van der Waals surface area contributed by atoms with E-state index in [0.717, 1.165) is 6.07 Å². The number of likely N-dealkylation sites (tertiary alicyclic amines) is 1. The second-order valence-corrected chi connectivity index (χ2v) is 6.76. The van der Waals surface area contributed by atoms with Crippen LogP contribution in [0.3, 0.4) is 0 Å². The Labute approximate surface area is 158 Å². The maximum atomic E-state index is 13.0. The molecule has 0 spiro atoms. The Kier molecular flexibility index (Phi) is 5.80. The van der Waals surface area contributed by atoms with Gasteiger partial charge in [0.15, 0.2) is 0 Å². The van der Waals surface area contributed by atoms with Crippen molar-refractivity contribution in [3.05, 3.63) is 29.1 Å². The minimum atomic E-state index is -4.71. The van der Waals surface area contributed by atoms with Gasteiger partial charge in [0.1, 0.15) is 5.69 Å². The lowest BCUT2D eigenvalue weighted by Gasteiger charge is -2.28. The number of aromatic nitrogens is 1. The summed E-state index contributed by atoms with van der Waals surface area (Å²) >= 11 is 0. The molecule has 2 atom stereocenters. The molecule has 1 aliphatic heterocycles. The lowest BCUT2D eigenvalue weighted by molar-refractivity contribution is -0.149. The van der Waals surface area contributed by atoms with Crippen molar-refractivity contribution < 1.29 is 37.0 Å². The van der Waals surface area contributed by atoms with Gasteiger partial charge in [-0.15, -0.1) is 0 Å². The van der Waals surface area contributed by atoms with Gasteiger partial charge >= 0.3 is 6.18 Å². The Balaban J connectivity index is 1.91. The average Bonchev–Trinajstić information content (AvgIpc) is 3.10. The molecule has 1 saturated heterocycles. The van der Waals surface area contributed by atoms with Gasteiger partial charge < -0.3 is 9.47 Å². The van der Waals surface area contributed by atoms with E-state index >= 15 is 0 Å². The molecule has 1 saturated carbocycles. The van der Waals surface area contributed by atoms with Crippen molar-refractivity contribution in [1.29, 1.82) is 0 Å². The van der Waals surface area contributed by atoms with E-state index in [9.17, 15) is 27.6 Å². The predicted molar refractivity (Wildman–Crippen MR) is 87.8 cm³/mol. The molecular weight excluding hydrogens is 381 g/mol. The zero-order valence-corrected chi connectivity index (χ0v) is 15.1. The summed E-state index contributed by atoms with van der Waals surface area (Å²) in [4.78, 5) is 41.9. The molecule has 3 amide bonds. The van der Waals surface area contributed by atoms with Crippen LogP contribution in [0.15, 0.2) is 12.1 Å². The summed E-state index contributed by atoms with van der Waals surface area (Å²) in [5.41, 5.74) is -1.73. The minimum Gasteiger partial charge on any atom is -0.382 e. The third-order valence-electron chi connectivity index (χ3n) is 4.94. The van der Waals surface area contributed by atoms with Gasteiger partial charge in [-0.25, -0.2) is 9.88 Å². The van der Waals surface area contributed by atoms with Crippen molar-refractivity contribution in [1.82, 2.24) is 9.88 Å². The Morgan fingerprint density at radius 1 is 1.18 bits per heavy atom. The number of halogens is 3. The zero-order chi connectivity index (χ0) is 20.5. The van der Waals surface area contributed by atoms with E-state index in [1.165, 1.54) is 7.11 Å². The molecule has 1 aromatic rings. The number of pyridine rings is 1. The summed E-state index contributed by atoms with van der Waals surface area (Å²) in [7, 11) is 1.43. The van der Waals surface area contributed by atoms with Crippen LogP contribution in [0.2, 0.25) is 0 Å². The molecule has 2 fully saturated rings. The Morgan fingerprint density at radius 2 is 1.82 bits per heavy atom. The summed E-state index contributed by atoms with van der Waals surface area (Å²) in [6.07, 6.45) is -3.24. The molecule has 10 heteroatoms. The van der Waals surface area contributed by atoms with Crippen molar-refractivity contribution in [2.45, 2.75) is 32.0 Å². The topological polar surface area (TPSA) is 85.8 Å². The number of alkyl halides is 3. The maximum absolute atomic E-state index is 13.0. The van der Waals surface area contributed by atoms with Gasteiger partial charge in [-0.2, -0.15) is 13.2 Å². The summed E-state index contributed by atoms with van der Waals surface area (Å²) < 4.78 is 49.0. The van der Waals surface area contributed by atoms with Crippen LogP contribution in [0.4, 0.5) is 13.2 Å². The molecule has 0 N–H and O–H groups in total. The lowest BCUT2D eigenvalue weighted by atomic mass is 9.96. The Bertz CT molecular complexity index is 774. The number of rotatable bonds is 6. The van der Waals surface area contributed by atoms with Crippen molar-refractivity contribution >= 4 is 17.7 Å². The molecule has 3 rings (SSSR count). The third-order valence-corrected chi connectivity index (χ3v) is 4.94. The fraction of sp³-hybridized carbons (Fsp3) is 0.556. The predicted octanol–water partition coefficient (Wildman–Crippen LogP) is 2.19. The van der Waals surface area contributed by atoms with Gasteiger partial charge in [-0.05, 0) is 31.4 Å². The number of amides is 3. The molecular formula is C18H19F3N2O5. The number of carbonyl (C=O) groups is 3. The first-order valence-electron chi connectivity index (χ1n) is 8.80. The number of imide groups is 3. The molecule has 1 aromatic heterocycles. The van der Waals surface area contributed by atoms with Gasteiger partial charge in [0, 0.05) is 18.9 Å². The van der Waals surface area contributed by atoms with Crippen LogP contribution in [0, 0.1) is 11.8 Å². The van der Waals surface area contributed by atoms with E-state index in [2.05, 4.69) is 4.98 Å². The van der Waals surface area contributed by atoms with Crippen LogP contribution in [-0.4, -0.2) is 47.9 Å². The second-order valence-electron chi connectivity index (χ2n) is 6.76. The van der Waals surface area contributed by atoms with Gasteiger partial charge in [0.25, 0.3) is 5.91 Å². The third kappa shape index (κ3) is 3.93. The quantitative estimate of drug-likeness (QED) is 0.538. The van der Waals surface area contributed by atoms with Gasteiger partial charge in [0.05, 0.1) is 31.1 Å². The Morgan fingerprint density at radius 3 is 2.39 bits per heavy atom. The molecule has 0 aromatic carbocycles. The molecule has 2 heterocycles. The van der Waals surface area contributed by atoms with Crippen molar-refractivity contribution in [2.24, 2.45) is 11.8 Å². The minimum absolute atomic E-state index is 0.0772. The lowest BCUT2D eigenvalue weighted by Crippen LogP contribution is -2.49. The number of hydrogen-bond acceptors (Lipinski definition) is 6. The first-order chi connectivity index (χ1) is 13.2. The highest BCUT2D eigenvalue weighted by molar-refractivity contribution is 6.19. The second kappa shape index (κ2) is 7.96. The number of hydrogen-bond donors (Lipinski definition) is 0. The molecule has 28 heavy (non-hydrogen) atoms. The molecule has 2 unspecified atom stereocenters. The first-order valence-corrected chi connectivity index (χ1v) is 8.80. The number of fused-ring (bicyclic) bond motifs is 2. The smallest absolute Gasteiger partial charge is 0.382 e. The monoisotopic (exact) mass is 400 g/mol. The van der Waals surface area contributed by atoms with E-state index in [1.54, 1.807) is 0 Å². The van der Waals surface area contributed by atoms with Crippen molar-refractivity contribution in [3.8, 4) is 0 Å². The van der Waals surface area contributed by atoms with E-state index in [1.807, 2.05) is 0 Å². The zero-order valence-electron chi connectivity index (χ0n) is 15.1. The maximum Gasteiger partial charge on any atom is 0.433 e. The highest BCUT2D eigenvalue weighted by atomic mass is 19.4. The van der Waals surface area contributed by atoms with Crippen LogP contribution >= 0.6 is 0 Å². The molecule has 7 nitrogen and oxygen atoms in total. The van der Waals surface area contributed by atoms with E-state index in [-0.39, 0.29) is 24.5 Å². The van der Waals surface area contributed by atoms with Crippen molar-refractivity contribution in [2.75, 3.05) is 20.3 Å². The van der Waals surface area contributed by atoms with Gasteiger partial charge in [0.2, 0.25) is 11.8 Å².